The van der Waals surface area contributed by atoms with Crippen molar-refractivity contribution in [2.45, 2.75) is 12.1 Å². The number of hydrogen-bond acceptors (Lipinski definition) is 8. The van der Waals surface area contributed by atoms with Gasteiger partial charge in [-0.05, 0) is 43.0 Å². The molecule has 0 atom stereocenters. The summed E-state index contributed by atoms with van der Waals surface area (Å²) in [5.74, 6) is 1.04. The maximum Gasteiger partial charge on any atom is 0.269 e. The first-order valence-electron chi connectivity index (χ1n) is 8.31. The van der Waals surface area contributed by atoms with Crippen LogP contribution in [0.3, 0.4) is 0 Å². The number of nitrogens with zero attached hydrogens (tertiary/aromatic N) is 6. The normalized spacial score (nSPS) is 11.9. The van der Waals surface area contributed by atoms with Gasteiger partial charge in [0, 0.05) is 17.5 Å². The fourth-order valence-electron chi connectivity index (χ4n) is 2.74. The minimum absolute atomic E-state index is 0.0408. The van der Waals surface area contributed by atoms with Gasteiger partial charge < -0.3 is 0 Å². The van der Waals surface area contributed by atoms with Gasteiger partial charge in [0.1, 0.15) is 0 Å². The lowest BCUT2D eigenvalue weighted by molar-refractivity contribution is -0.384. The lowest BCUT2D eigenvalue weighted by Gasteiger charge is -2.07. The average molecular weight is 393 g/mol. The Bertz CT molecular complexity index is 1220. The number of non-ortho nitro benzene ring substituents is 1. The summed E-state index contributed by atoms with van der Waals surface area (Å²) in [4.78, 5) is 19.3. The van der Waals surface area contributed by atoms with E-state index in [1.54, 1.807) is 16.6 Å². The molecule has 2 aromatic heterocycles. The number of fused-ring (bicyclic) bond motifs is 3. The van der Waals surface area contributed by atoms with E-state index in [-0.39, 0.29) is 5.69 Å². The predicted octanol–water partition coefficient (Wildman–Crippen LogP) is 3.74. The van der Waals surface area contributed by atoms with Gasteiger partial charge in [0.15, 0.2) is 5.82 Å². The molecule has 0 bridgehead atoms. The molecule has 2 aromatic carbocycles. The minimum Gasteiger partial charge on any atom is -0.260 e. The highest BCUT2D eigenvalue weighted by Crippen LogP contribution is 2.24. The number of thioether (sulfide) groups is 1. The summed E-state index contributed by atoms with van der Waals surface area (Å²) in [7, 11) is 0. The summed E-state index contributed by atoms with van der Waals surface area (Å²) in [6.45, 7) is 1.82. The third-order valence-corrected chi connectivity index (χ3v) is 4.72. The minimum atomic E-state index is -0.429. The molecule has 2 heterocycles. The Morgan fingerprint density at radius 3 is 2.64 bits per heavy atom. The molecule has 4 rings (SSSR count). The zero-order chi connectivity index (χ0) is 19.7. The molecule has 0 spiro atoms. The van der Waals surface area contributed by atoms with E-state index >= 15 is 0 Å². The lowest BCUT2D eigenvalue weighted by Crippen LogP contribution is -2.04. The van der Waals surface area contributed by atoms with E-state index in [1.807, 2.05) is 37.4 Å². The first-order chi connectivity index (χ1) is 13.6. The lowest BCUT2D eigenvalue weighted by atomic mass is 10.1. The molecule has 28 heavy (non-hydrogen) atoms. The van der Waals surface area contributed by atoms with Crippen LogP contribution in [0.2, 0.25) is 0 Å². The second-order valence-corrected chi connectivity index (χ2v) is 6.67. The van der Waals surface area contributed by atoms with E-state index in [9.17, 15) is 10.1 Å². The Morgan fingerprint density at radius 2 is 1.93 bits per heavy atom. The number of nitro groups is 1. The number of hydrazone groups is 1. The largest absolute Gasteiger partial charge is 0.269 e. The molecular weight excluding hydrogens is 378 g/mol. The molecule has 9 nitrogen and oxygen atoms in total. The van der Waals surface area contributed by atoms with Gasteiger partial charge in [-0.2, -0.15) is 19.6 Å². The number of aromatic nitrogens is 4. The van der Waals surface area contributed by atoms with E-state index < -0.39 is 4.92 Å². The zero-order valence-corrected chi connectivity index (χ0v) is 15.8. The molecule has 0 saturated carbocycles. The Morgan fingerprint density at radius 1 is 1.18 bits per heavy atom. The molecule has 140 valence electrons. The molecule has 0 saturated heterocycles. The summed E-state index contributed by atoms with van der Waals surface area (Å²) in [6, 6.07) is 14.0. The van der Waals surface area contributed by atoms with Gasteiger partial charge in [-0.1, -0.05) is 23.9 Å². The number of benzene rings is 2. The first-order valence-corrected chi connectivity index (χ1v) is 9.54. The highest BCUT2D eigenvalue weighted by atomic mass is 32.2. The van der Waals surface area contributed by atoms with Crippen LogP contribution in [0.1, 0.15) is 12.5 Å². The number of nitrogens with one attached hydrogen (secondary N) is 1. The fraction of sp³-hybridized carbons (Fsp3) is 0.111. The van der Waals surface area contributed by atoms with Gasteiger partial charge in [0.25, 0.3) is 11.5 Å². The van der Waals surface area contributed by atoms with Crippen LogP contribution in [0.5, 0.6) is 0 Å². The van der Waals surface area contributed by atoms with E-state index in [2.05, 4.69) is 25.6 Å². The summed E-state index contributed by atoms with van der Waals surface area (Å²) in [6.07, 6.45) is 1.91. The molecule has 4 aromatic rings. The van der Waals surface area contributed by atoms with Gasteiger partial charge in [0.05, 0.1) is 16.2 Å². The highest BCUT2D eigenvalue weighted by molar-refractivity contribution is 7.98. The summed E-state index contributed by atoms with van der Waals surface area (Å²) < 4.78 is 1.71. The van der Waals surface area contributed by atoms with Crippen molar-refractivity contribution in [1.29, 1.82) is 0 Å². The topological polar surface area (TPSA) is 111 Å². The SMILES string of the molecule is CSc1nc2nc(N/N=C(\C)c3ccc([N+](=O)[O-])cc3)c3ccccc3n2n1. The number of anilines is 1. The Kier molecular flexibility index (Phi) is 4.62. The van der Waals surface area contributed by atoms with Gasteiger partial charge >= 0.3 is 0 Å². The van der Waals surface area contributed by atoms with E-state index in [4.69, 9.17) is 0 Å². The number of nitro benzene ring substituents is 1. The van der Waals surface area contributed by atoms with Crippen molar-refractivity contribution in [1.82, 2.24) is 19.6 Å². The molecule has 0 aliphatic heterocycles. The van der Waals surface area contributed by atoms with E-state index in [0.29, 0.717) is 22.5 Å². The fourth-order valence-corrected chi connectivity index (χ4v) is 3.07. The van der Waals surface area contributed by atoms with Crippen molar-refractivity contribution in [3.63, 3.8) is 0 Å². The molecule has 0 amide bonds. The molecule has 0 fully saturated rings. The monoisotopic (exact) mass is 393 g/mol. The van der Waals surface area contributed by atoms with Crippen LogP contribution in [0.25, 0.3) is 16.7 Å². The molecular formula is C18H15N7O2S. The highest BCUT2D eigenvalue weighted by Gasteiger charge is 2.12. The Hall–Kier alpha value is -3.53. The molecule has 0 aliphatic carbocycles. The standard InChI is InChI=1S/C18H15N7O2S/c1-11(12-7-9-13(10-8-12)25(26)27)21-22-16-14-5-3-4-6-15(14)24-17(19-16)20-18(23-24)28-2/h3-10H,1-2H3,(H,19,20,22,23)/b21-11+. The van der Waals surface area contributed by atoms with Crippen LogP contribution >= 0.6 is 11.8 Å². The maximum absolute atomic E-state index is 10.8. The Labute approximate surface area is 163 Å². The van der Waals surface area contributed by atoms with Gasteiger partial charge in [-0.15, -0.1) is 5.10 Å². The quantitative estimate of drug-likeness (QED) is 0.238. The molecule has 0 unspecified atom stereocenters. The van der Waals surface area contributed by atoms with E-state index in [0.717, 1.165) is 16.5 Å². The van der Waals surface area contributed by atoms with Crippen molar-refractivity contribution in [3.8, 4) is 0 Å². The van der Waals surface area contributed by atoms with Crippen LogP contribution in [-0.2, 0) is 0 Å². The van der Waals surface area contributed by atoms with Crippen LogP contribution in [-0.4, -0.2) is 36.5 Å². The van der Waals surface area contributed by atoms with Crippen LogP contribution in [0, 0.1) is 10.1 Å². The predicted molar refractivity (Wildman–Crippen MR) is 109 cm³/mol. The molecule has 0 aliphatic rings. The summed E-state index contributed by atoms with van der Waals surface area (Å²) in [5.41, 5.74) is 5.35. The third-order valence-electron chi connectivity index (χ3n) is 4.18. The number of para-hydroxylation sites is 1. The van der Waals surface area contributed by atoms with Crippen LogP contribution < -0.4 is 5.43 Å². The summed E-state index contributed by atoms with van der Waals surface area (Å²) >= 11 is 1.45. The smallest absolute Gasteiger partial charge is 0.260 e. The van der Waals surface area contributed by atoms with Crippen molar-refractivity contribution < 1.29 is 4.92 Å². The van der Waals surface area contributed by atoms with Crippen molar-refractivity contribution in [2.24, 2.45) is 5.10 Å². The van der Waals surface area contributed by atoms with Gasteiger partial charge in [0.2, 0.25) is 5.16 Å². The molecule has 0 radical (unpaired) electrons. The van der Waals surface area contributed by atoms with Crippen molar-refractivity contribution >= 4 is 45.7 Å². The van der Waals surface area contributed by atoms with Gasteiger partial charge in [-0.3, -0.25) is 15.5 Å². The third kappa shape index (κ3) is 3.25. The second-order valence-electron chi connectivity index (χ2n) is 5.90. The van der Waals surface area contributed by atoms with Crippen LogP contribution in [0.15, 0.2) is 58.8 Å². The second kappa shape index (κ2) is 7.24. The van der Waals surface area contributed by atoms with Gasteiger partial charge in [-0.25, -0.2) is 0 Å². The van der Waals surface area contributed by atoms with Crippen molar-refractivity contribution in [2.75, 3.05) is 11.7 Å². The maximum atomic E-state index is 10.8. The zero-order valence-electron chi connectivity index (χ0n) is 15.0. The van der Waals surface area contributed by atoms with E-state index in [1.165, 1.54) is 23.9 Å². The molecule has 10 heteroatoms. The number of rotatable bonds is 5. The molecule has 1 N–H and O–H groups in total. The number of hydrogen-bond donors (Lipinski definition) is 1. The van der Waals surface area contributed by atoms with Crippen molar-refractivity contribution in [3.05, 3.63) is 64.2 Å². The first kappa shape index (κ1) is 17.9. The Balaban J connectivity index is 1.72. The average Bonchev–Trinajstić information content (AvgIpc) is 3.15. The summed E-state index contributed by atoms with van der Waals surface area (Å²) in [5, 5.41) is 21.1. The van der Waals surface area contributed by atoms with Crippen LogP contribution in [0.4, 0.5) is 11.5 Å².